The molecule has 0 bridgehead atoms. The highest BCUT2D eigenvalue weighted by Crippen LogP contribution is 1.82. The minimum absolute atomic E-state index is 0.0483. The van der Waals surface area contributed by atoms with Gasteiger partial charge in [0.05, 0.1) is 6.54 Å². The predicted molar refractivity (Wildman–Crippen MR) is 36.6 cm³/mol. The molecule has 0 spiro atoms. The van der Waals surface area contributed by atoms with Crippen LogP contribution in [-0.2, 0) is 6.54 Å². The van der Waals surface area contributed by atoms with Crippen molar-refractivity contribution in [2.24, 2.45) is 0 Å². The van der Waals surface area contributed by atoms with Crippen LogP contribution in [0.1, 0.15) is 18.6 Å². The van der Waals surface area contributed by atoms with Crippen molar-refractivity contribution in [2.75, 3.05) is 0 Å². The van der Waals surface area contributed by atoms with Crippen LogP contribution in [0.4, 0.5) is 0 Å². The fraction of sp³-hybridized carbons (Fsp3) is 0.429. The number of imidazole rings is 1. The second-order valence-electron chi connectivity index (χ2n) is 2.17. The Morgan fingerprint density at radius 1 is 1.70 bits per heavy atom. The number of nitrogens with zero attached hydrogens (tertiary/aromatic N) is 2. The maximum atomic E-state index is 10.7. The molecule has 0 aliphatic heterocycles. The van der Waals surface area contributed by atoms with E-state index in [0.29, 0.717) is 0 Å². The van der Waals surface area contributed by atoms with Gasteiger partial charge in [-0.3, -0.25) is 0 Å². The van der Waals surface area contributed by atoms with Crippen molar-refractivity contribution in [3.63, 3.8) is 0 Å². The summed E-state index contributed by atoms with van der Waals surface area (Å²) >= 11 is 0. The van der Waals surface area contributed by atoms with Gasteiger partial charge in [0.2, 0.25) is 0 Å². The van der Waals surface area contributed by atoms with Crippen molar-refractivity contribution in [3.8, 4) is 0 Å². The molecule has 0 aliphatic carbocycles. The molecule has 0 saturated heterocycles. The van der Waals surface area contributed by atoms with Crippen LogP contribution in [0.2, 0.25) is 0 Å². The molecule has 3 heteroatoms. The highest BCUT2D eigenvalue weighted by Gasteiger charge is 2.04. The standard InChI is InChI=1S/C7H11N2O/c1-3-8-4-5-9(6-8)7(2)10/h4-6H,3H2,1-2H3/q+1. The van der Waals surface area contributed by atoms with Gasteiger partial charge in [-0.15, -0.1) is 0 Å². The second-order valence-corrected chi connectivity index (χ2v) is 2.17. The van der Waals surface area contributed by atoms with E-state index in [9.17, 15) is 4.79 Å². The SMILES string of the molecule is CC[n+]1ccn(C(C)=O)c1. The summed E-state index contributed by atoms with van der Waals surface area (Å²) in [7, 11) is 0. The van der Waals surface area contributed by atoms with Crippen LogP contribution < -0.4 is 4.57 Å². The Labute approximate surface area is 59.9 Å². The first-order valence-corrected chi connectivity index (χ1v) is 3.32. The Kier molecular flexibility index (Phi) is 1.85. The third-order valence-corrected chi connectivity index (χ3v) is 1.42. The quantitative estimate of drug-likeness (QED) is 0.519. The third-order valence-electron chi connectivity index (χ3n) is 1.42. The fourth-order valence-corrected chi connectivity index (χ4v) is 0.768. The Bertz CT molecular complexity index is 240. The monoisotopic (exact) mass is 139 g/mol. The maximum absolute atomic E-state index is 10.7. The average molecular weight is 139 g/mol. The Balaban J connectivity index is 2.88. The third kappa shape index (κ3) is 1.23. The van der Waals surface area contributed by atoms with Crippen LogP contribution in [0.3, 0.4) is 0 Å². The van der Waals surface area contributed by atoms with E-state index in [1.54, 1.807) is 24.0 Å². The average Bonchev–Trinajstić information content (AvgIpc) is 2.34. The molecule has 0 aromatic carbocycles. The number of hydrogen-bond donors (Lipinski definition) is 0. The zero-order chi connectivity index (χ0) is 7.56. The zero-order valence-corrected chi connectivity index (χ0v) is 6.24. The van der Waals surface area contributed by atoms with Crippen LogP contribution in [0, 0.1) is 0 Å². The maximum Gasteiger partial charge on any atom is 0.310 e. The molecule has 0 aliphatic rings. The minimum atomic E-state index is 0.0483. The van der Waals surface area contributed by atoms with Gasteiger partial charge in [-0.25, -0.2) is 9.36 Å². The first kappa shape index (κ1) is 6.99. The molecule has 10 heavy (non-hydrogen) atoms. The molecule has 0 atom stereocenters. The lowest BCUT2D eigenvalue weighted by molar-refractivity contribution is -0.692. The van der Waals surface area contributed by atoms with Crippen molar-refractivity contribution < 1.29 is 9.36 Å². The predicted octanol–water partition coefficient (Wildman–Crippen LogP) is 0.456. The smallest absolute Gasteiger partial charge is 0.247 e. The van der Waals surface area contributed by atoms with E-state index < -0.39 is 0 Å². The van der Waals surface area contributed by atoms with Gasteiger partial charge in [-0.1, -0.05) is 0 Å². The normalized spacial score (nSPS) is 9.80. The summed E-state index contributed by atoms with van der Waals surface area (Å²) < 4.78 is 3.50. The van der Waals surface area contributed by atoms with Gasteiger partial charge in [0.15, 0.2) is 0 Å². The first-order chi connectivity index (χ1) is 4.74. The summed E-state index contributed by atoms with van der Waals surface area (Å²) in [4.78, 5) is 10.7. The number of aromatic nitrogens is 2. The van der Waals surface area contributed by atoms with Crippen LogP contribution in [0.5, 0.6) is 0 Å². The summed E-state index contributed by atoms with van der Waals surface area (Å²) in [5.41, 5.74) is 0. The first-order valence-electron chi connectivity index (χ1n) is 3.32. The number of carbonyl (C=O) groups excluding carboxylic acids is 1. The molecule has 1 aromatic heterocycles. The lowest BCUT2D eigenvalue weighted by Gasteiger charge is -1.83. The van der Waals surface area contributed by atoms with Crippen molar-refractivity contribution in [3.05, 3.63) is 18.7 Å². The van der Waals surface area contributed by atoms with E-state index in [2.05, 4.69) is 0 Å². The summed E-state index contributed by atoms with van der Waals surface area (Å²) in [5.74, 6) is 0.0483. The van der Waals surface area contributed by atoms with E-state index in [0.717, 1.165) is 6.54 Å². The number of carbonyl (C=O) groups is 1. The van der Waals surface area contributed by atoms with Gasteiger partial charge in [0.25, 0.3) is 6.33 Å². The van der Waals surface area contributed by atoms with Crippen LogP contribution in [0.25, 0.3) is 0 Å². The Morgan fingerprint density at radius 2 is 2.40 bits per heavy atom. The molecule has 0 radical (unpaired) electrons. The summed E-state index contributed by atoms with van der Waals surface area (Å²) in [5, 5.41) is 0. The molecule has 1 heterocycles. The molecule has 0 amide bonds. The van der Waals surface area contributed by atoms with Crippen LogP contribution in [-0.4, -0.2) is 10.5 Å². The van der Waals surface area contributed by atoms with Gasteiger partial charge < -0.3 is 0 Å². The van der Waals surface area contributed by atoms with Gasteiger partial charge in [-0.2, -0.15) is 4.57 Å². The molecule has 1 rings (SSSR count). The van der Waals surface area contributed by atoms with Crippen LogP contribution >= 0.6 is 0 Å². The largest absolute Gasteiger partial charge is 0.310 e. The van der Waals surface area contributed by atoms with E-state index in [1.165, 1.54) is 0 Å². The fourth-order valence-electron chi connectivity index (χ4n) is 0.768. The molecule has 3 nitrogen and oxygen atoms in total. The highest BCUT2D eigenvalue weighted by atomic mass is 16.1. The Morgan fingerprint density at radius 3 is 2.70 bits per heavy atom. The van der Waals surface area contributed by atoms with Gasteiger partial charge in [0, 0.05) is 6.92 Å². The Hall–Kier alpha value is -1.12. The van der Waals surface area contributed by atoms with Crippen molar-refractivity contribution in [1.29, 1.82) is 0 Å². The summed E-state index contributed by atoms with van der Waals surface area (Å²) in [6.45, 7) is 4.48. The van der Waals surface area contributed by atoms with Crippen molar-refractivity contribution in [1.82, 2.24) is 4.57 Å². The molecule has 0 fully saturated rings. The molecular weight excluding hydrogens is 128 g/mol. The van der Waals surface area contributed by atoms with Crippen molar-refractivity contribution >= 4 is 5.91 Å². The number of rotatable bonds is 1. The molecule has 1 aromatic rings. The molecule has 54 valence electrons. The topological polar surface area (TPSA) is 25.9 Å². The highest BCUT2D eigenvalue weighted by molar-refractivity contribution is 5.75. The lowest BCUT2D eigenvalue weighted by atomic mass is 10.7. The molecule has 0 saturated carbocycles. The van der Waals surface area contributed by atoms with Gasteiger partial charge in [-0.05, 0) is 6.92 Å². The van der Waals surface area contributed by atoms with E-state index in [1.807, 2.05) is 17.7 Å². The van der Waals surface area contributed by atoms with E-state index in [-0.39, 0.29) is 5.91 Å². The van der Waals surface area contributed by atoms with Gasteiger partial charge in [0.1, 0.15) is 12.4 Å². The minimum Gasteiger partial charge on any atom is -0.247 e. The second kappa shape index (κ2) is 2.64. The number of aryl methyl sites for hydroxylation is 1. The zero-order valence-electron chi connectivity index (χ0n) is 6.24. The molecule has 0 N–H and O–H groups in total. The van der Waals surface area contributed by atoms with E-state index in [4.69, 9.17) is 0 Å². The summed E-state index contributed by atoms with van der Waals surface area (Å²) in [6, 6.07) is 0. The molecular formula is C7H11N2O+. The van der Waals surface area contributed by atoms with Gasteiger partial charge >= 0.3 is 5.91 Å². The lowest BCUT2D eigenvalue weighted by Crippen LogP contribution is -2.29. The number of hydrogen-bond acceptors (Lipinski definition) is 1. The van der Waals surface area contributed by atoms with E-state index >= 15 is 0 Å². The molecule has 0 unspecified atom stereocenters. The van der Waals surface area contributed by atoms with Crippen molar-refractivity contribution in [2.45, 2.75) is 20.4 Å². The van der Waals surface area contributed by atoms with Crippen LogP contribution in [0.15, 0.2) is 18.7 Å². The summed E-state index contributed by atoms with van der Waals surface area (Å²) in [6.07, 6.45) is 5.41.